The molecule has 0 aliphatic carbocycles. The minimum atomic E-state index is -6.00. The Bertz CT molecular complexity index is 329. The lowest BCUT2D eigenvalue weighted by Gasteiger charge is -2.12. The third-order valence-corrected chi connectivity index (χ3v) is 1.45. The van der Waals surface area contributed by atoms with Gasteiger partial charge in [0.05, 0.1) is 6.07 Å². The summed E-state index contributed by atoms with van der Waals surface area (Å²) in [6, 6.07) is 5.94. The Morgan fingerprint density at radius 2 is 1.75 bits per heavy atom. The van der Waals surface area contributed by atoms with Gasteiger partial charge in [0.25, 0.3) is 0 Å². The van der Waals surface area contributed by atoms with Crippen LogP contribution < -0.4 is 9.88 Å². The molecule has 0 aromatic carbocycles. The molecular formula is C8H10BF4N3. The van der Waals surface area contributed by atoms with Gasteiger partial charge in [-0.15, -0.1) is 0 Å². The molecule has 0 bridgehead atoms. The molecule has 1 aromatic rings. The summed E-state index contributed by atoms with van der Waals surface area (Å²) in [6.45, 7) is 0.421. The highest BCUT2D eigenvalue weighted by molar-refractivity contribution is 6.50. The number of hydrogen-bond donors (Lipinski definition) is 0. The Kier molecular flexibility index (Phi) is 5.92. The van der Waals surface area contributed by atoms with Crippen LogP contribution in [0.25, 0.3) is 0 Å². The maximum Gasteiger partial charge on any atom is 0.673 e. The molecule has 0 atom stereocenters. The van der Waals surface area contributed by atoms with Crippen molar-refractivity contribution in [1.82, 2.24) is 0 Å². The van der Waals surface area contributed by atoms with E-state index in [-0.39, 0.29) is 0 Å². The van der Waals surface area contributed by atoms with Crippen LogP contribution in [-0.4, -0.2) is 20.8 Å². The average Bonchev–Trinajstić information content (AvgIpc) is 2.17. The van der Waals surface area contributed by atoms with Gasteiger partial charge in [-0.3, -0.25) is 0 Å². The molecule has 0 saturated carbocycles. The summed E-state index contributed by atoms with van der Waals surface area (Å²) < 4.78 is 39.0. The number of nitrogens with zero attached hydrogens (tertiary/aromatic N) is 2. The first-order valence-electron chi connectivity index (χ1n) is 4.26. The molecule has 0 fully saturated rings. The Hall–Kier alpha value is -1.78. The minimum Gasteiger partial charge on any atom is -0.418 e. The fraction of sp³-hybridized carbons (Fsp3) is 0.250. The van der Waals surface area contributed by atoms with Crippen molar-refractivity contribution in [3.63, 3.8) is 0 Å². The van der Waals surface area contributed by atoms with E-state index in [2.05, 4.69) is 11.1 Å². The van der Waals surface area contributed by atoms with E-state index in [1.54, 1.807) is 0 Å². The minimum absolute atomic E-state index is 0.421. The van der Waals surface area contributed by atoms with Crippen LogP contribution >= 0.6 is 0 Å². The molecule has 1 N–H and O–H groups in total. The average molecular weight is 235 g/mol. The van der Waals surface area contributed by atoms with Crippen LogP contribution in [0.15, 0.2) is 24.5 Å². The topological polar surface area (TPSA) is 41.2 Å². The number of aromatic nitrogens is 1. The predicted molar refractivity (Wildman–Crippen MR) is 52.1 cm³/mol. The molecule has 0 radical (unpaired) electrons. The largest absolute Gasteiger partial charge is 0.673 e. The molecule has 0 unspecified atom stereocenters. The van der Waals surface area contributed by atoms with Crippen molar-refractivity contribution < 1.29 is 22.2 Å². The first-order chi connectivity index (χ1) is 7.34. The van der Waals surface area contributed by atoms with Crippen molar-refractivity contribution in [2.24, 2.45) is 0 Å². The van der Waals surface area contributed by atoms with E-state index in [4.69, 9.17) is 5.26 Å². The zero-order valence-corrected chi connectivity index (χ0v) is 8.50. The van der Waals surface area contributed by atoms with E-state index in [0.717, 1.165) is 5.69 Å². The molecule has 88 valence electrons. The molecule has 0 aliphatic rings. The van der Waals surface area contributed by atoms with Crippen LogP contribution in [0, 0.1) is 11.3 Å². The van der Waals surface area contributed by atoms with Gasteiger partial charge in [-0.1, -0.05) is 0 Å². The van der Waals surface area contributed by atoms with Crippen LogP contribution in [0.2, 0.25) is 0 Å². The Labute approximate surface area is 90.4 Å². The van der Waals surface area contributed by atoms with Crippen LogP contribution in [0.5, 0.6) is 0 Å². The number of aromatic amines is 1. The Morgan fingerprint density at radius 1 is 1.31 bits per heavy atom. The lowest BCUT2D eigenvalue weighted by Crippen LogP contribution is -2.17. The van der Waals surface area contributed by atoms with E-state index in [1.165, 1.54) is 0 Å². The zero-order chi connectivity index (χ0) is 12.6. The number of nitrogens with one attached hydrogen (secondary N) is 1. The third kappa shape index (κ3) is 8.81. The lowest BCUT2D eigenvalue weighted by atomic mass is 10.3. The fourth-order valence-electron chi connectivity index (χ4n) is 0.830. The molecule has 0 saturated heterocycles. The molecule has 1 heterocycles. The maximum atomic E-state index is 9.75. The molecule has 0 spiro atoms. The van der Waals surface area contributed by atoms with Gasteiger partial charge in [0.1, 0.15) is 6.54 Å². The van der Waals surface area contributed by atoms with Gasteiger partial charge in [-0.25, -0.2) is 4.98 Å². The summed E-state index contributed by atoms with van der Waals surface area (Å²) in [5, 5.41) is 8.40. The number of anilines is 1. The van der Waals surface area contributed by atoms with Gasteiger partial charge in [0.2, 0.25) is 0 Å². The molecule has 1 aromatic heterocycles. The summed E-state index contributed by atoms with van der Waals surface area (Å²) >= 11 is 0. The van der Waals surface area contributed by atoms with Gasteiger partial charge < -0.3 is 22.2 Å². The van der Waals surface area contributed by atoms with Gasteiger partial charge in [0.15, 0.2) is 12.4 Å². The highest BCUT2D eigenvalue weighted by Gasteiger charge is 2.20. The Balaban J connectivity index is 0.000000385. The fourth-order valence-corrected chi connectivity index (χ4v) is 0.830. The van der Waals surface area contributed by atoms with E-state index in [9.17, 15) is 17.3 Å². The first-order valence-corrected chi connectivity index (χ1v) is 4.26. The summed E-state index contributed by atoms with van der Waals surface area (Å²) in [6.07, 6.45) is 3.67. The number of hydrogen-bond acceptors (Lipinski definition) is 2. The monoisotopic (exact) mass is 235 g/mol. The smallest absolute Gasteiger partial charge is 0.418 e. The molecule has 16 heavy (non-hydrogen) atoms. The number of rotatable bonds is 2. The summed E-state index contributed by atoms with van der Waals surface area (Å²) in [7, 11) is -4.11. The van der Waals surface area contributed by atoms with Gasteiger partial charge in [0, 0.05) is 24.9 Å². The standard InChI is InChI=1S/C8H9N3.BF4/c1-11(7-4-9)8-2-5-10-6-3-8;2-1(3,4)5/h2-3,5-6H,7H2,1H3;/q;-1/p+1. The normalized spacial score (nSPS) is 9.75. The van der Waals surface area contributed by atoms with Gasteiger partial charge in [-0.05, 0) is 0 Å². The van der Waals surface area contributed by atoms with Crippen LogP contribution in [0.3, 0.4) is 0 Å². The first kappa shape index (κ1) is 14.2. The summed E-state index contributed by atoms with van der Waals surface area (Å²) in [5.74, 6) is 0. The predicted octanol–water partition coefficient (Wildman–Crippen LogP) is 1.76. The van der Waals surface area contributed by atoms with Gasteiger partial charge in [-0.2, -0.15) is 5.26 Å². The SMILES string of the molecule is CN(CC#N)c1cc[nH+]cc1.F[B-](F)(F)F. The van der Waals surface area contributed by atoms with Crippen molar-refractivity contribution in [2.75, 3.05) is 18.5 Å². The van der Waals surface area contributed by atoms with Crippen LogP contribution in [0.1, 0.15) is 0 Å². The van der Waals surface area contributed by atoms with Crippen molar-refractivity contribution >= 4 is 12.9 Å². The second kappa shape index (κ2) is 6.66. The molecule has 0 amide bonds. The quantitative estimate of drug-likeness (QED) is 0.445. The van der Waals surface area contributed by atoms with Crippen LogP contribution in [0.4, 0.5) is 23.0 Å². The molecule has 1 rings (SSSR count). The molecule has 0 aliphatic heterocycles. The van der Waals surface area contributed by atoms with Crippen molar-refractivity contribution in [2.45, 2.75) is 0 Å². The van der Waals surface area contributed by atoms with Crippen LogP contribution in [-0.2, 0) is 0 Å². The van der Waals surface area contributed by atoms with E-state index in [1.807, 2.05) is 36.5 Å². The third-order valence-electron chi connectivity index (χ3n) is 1.45. The molecule has 3 nitrogen and oxygen atoms in total. The lowest BCUT2D eigenvalue weighted by molar-refractivity contribution is -0.377. The van der Waals surface area contributed by atoms with E-state index >= 15 is 0 Å². The van der Waals surface area contributed by atoms with Crippen molar-refractivity contribution in [3.05, 3.63) is 24.5 Å². The number of nitriles is 1. The maximum absolute atomic E-state index is 9.75. The van der Waals surface area contributed by atoms with Gasteiger partial charge >= 0.3 is 7.25 Å². The highest BCUT2D eigenvalue weighted by atomic mass is 19.5. The van der Waals surface area contributed by atoms with Crippen molar-refractivity contribution in [1.29, 1.82) is 5.26 Å². The van der Waals surface area contributed by atoms with E-state index in [0.29, 0.717) is 6.54 Å². The number of halogens is 4. The molecular weight excluding hydrogens is 225 g/mol. The second-order valence-electron chi connectivity index (χ2n) is 2.77. The Morgan fingerprint density at radius 3 is 2.12 bits per heavy atom. The summed E-state index contributed by atoms with van der Waals surface area (Å²) in [4.78, 5) is 4.80. The van der Waals surface area contributed by atoms with Crippen molar-refractivity contribution in [3.8, 4) is 6.07 Å². The zero-order valence-electron chi connectivity index (χ0n) is 8.50. The van der Waals surface area contributed by atoms with E-state index < -0.39 is 7.25 Å². The summed E-state index contributed by atoms with van der Waals surface area (Å²) in [5.41, 5.74) is 1.05. The number of pyridine rings is 1. The molecule has 8 heteroatoms. The highest BCUT2D eigenvalue weighted by Crippen LogP contribution is 2.07. The second-order valence-corrected chi connectivity index (χ2v) is 2.77. The number of H-pyrrole nitrogens is 1.